The smallest absolute Gasteiger partial charge is 0.138 e. The number of phenolic OH excluding ortho intramolecular Hbond substituents is 1. The van der Waals surface area contributed by atoms with Crippen molar-refractivity contribution in [1.29, 1.82) is 0 Å². The Morgan fingerprint density at radius 2 is 2.19 bits per heavy atom. The molecule has 4 heteroatoms. The summed E-state index contributed by atoms with van der Waals surface area (Å²) in [6.07, 6.45) is 5.83. The van der Waals surface area contributed by atoms with Crippen LogP contribution in [0.3, 0.4) is 0 Å². The Labute approximate surface area is 106 Å². The zero-order valence-electron chi connectivity index (χ0n) is 8.93. The van der Waals surface area contributed by atoms with Crippen LogP contribution in [0.2, 0.25) is 10.0 Å². The van der Waals surface area contributed by atoms with Gasteiger partial charge in [-0.3, -0.25) is 0 Å². The summed E-state index contributed by atoms with van der Waals surface area (Å²) in [6.45, 7) is 2.46. The fourth-order valence-corrected chi connectivity index (χ4v) is 1.82. The van der Waals surface area contributed by atoms with E-state index in [1.807, 2.05) is 6.92 Å². The first kappa shape index (κ1) is 13.2. The summed E-state index contributed by atoms with van der Waals surface area (Å²) in [4.78, 5) is 0. The second-order valence-corrected chi connectivity index (χ2v) is 4.43. The molecule has 1 aromatic carbocycles. The van der Waals surface area contributed by atoms with Crippen LogP contribution in [0.15, 0.2) is 12.1 Å². The molecule has 1 rings (SSSR count). The lowest BCUT2D eigenvalue weighted by molar-refractivity contribution is 0.460. The van der Waals surface area contributed by atoms with Crippen LogP contribution < -0.4 is 5.32 Å². The SMILES string of the molecule is C#CCC(C)NCc1cc(Cl)cc(Cl)c1O. The molecule has 0 spiro atoms. The number of aromatic hydroxyl groups is 1. The molecule has 2 nitrogen and oxygen atoms in total. The molecule has 0 aliphatic heterocycles. The molecule has 0 saturated heterocycles. The van der Waals surface area contributed by atoms with Crippen molar-refractivity contribution in [1.82, 2.24) is 5.32 Å². The molecule has 1 atom stereocenters. The van der Waals surface area contributed by atoms with Crippen LogP contribution in [-0.4, -0.2) is 11.1 Å². The lowest BCUT2D eigenvalue weighted by atomic mass is 10.1. The van der Waals surface area contributed by atoms with Crippen molar-refractivity contribution < 1.29 is 5.11 Å². The van der Waals surface area contributed by atoms with Gasteiger partial charge in [0, 0.05) is 29.6 Å². The van der Waals surface area contributed by atoms with Crippen LogP contribution in [0.5, 0.6) is 5.75 Å². The van der Waals surface area contributed by atoms with E-state index in [0.29, 0.717) is 23.6 Å². The van der Waals surface area contributed by atoms with Gasteiger partial charge >= 0.3 is 0 Å². The molecule has 2 N–H and O–H groups in total. The summed E-state index contributed by atoms with van der Waals surface area (Å²) < 4.78 is 0. The molecule has 0 heterocycles. The minimum Gasteiger partial charge on any atom is -0.506 e. The molecule has 1 aromatic rings. The Morgan fingerprint density at radius 1 is 1.50 bits per heavy atom. The Kier molecular flexibility index (Phi) is 4.95. The third-order valence-corrected chi connectivity index (χ3v) is 2.68. The van der Waals surface area contributed by atoms with Gasteiger partial charge in [0.25, 0.3) is 0 Å². The van der Waals surface area contributed by atoms with Gasteiger partial charge in [0.15, 0.2) is 0 Å². The van der Waals surface area contributed by atoms with Crippen molar-refractivity contribution in [2.75, 3.05) is 0 Å². The number of nitrogens with one attached hydrogen (secondary N) is 1. The number of phenols is 1. The van der Waals surface area contributed by atoms with E-state index in [1.165, 1.54) is 6.07 Å². The predicted molar refractivity (Wildman–Crippen MR) is 67.9 cm³/mol. The Bertz CT molecular complexity index is 412. The van der Waals surface area contributed by atoms with E-state index in [-0.39, 0.29) is 16.8 Å². The first-order valence-corrected chi connectivity index (χ1v) is 5.64. The lowest BCUT2D eigenvalue weighted by Crippen LogP contribution is -2.24. The zero-order valence-corrected chi connectivity index (χ0v) is 10.4. The van der Waals surface area contributed by atoms with Gasteiger partial charge in [-0.15, -0.1) is 12.3 Å². The van der Waals surface area contributed by atoms with E-state index in [0.717, 1.165) is 0 Å². The third kappa shape index (κ3) is 3.61. The van der Waals surface area contributed by atoms with Crippen LogP contribution >= 0.6 is 23.2 Å². The minimum atomic E-state index is 0.0616. The number of rotatable bonds is 4. The Balaban J connectivity index is 2.71. The highest BCUT2D eigenvalue weighted by Gasteiger charge is 2.08. The summed E-state index contributed by atoms with van der Waals surface area (Å²) in [5, 5.41) is 13.6. The van der Waals surface area contributed by atoms with E-state index in [2.05, 4.69) is 11.2 Å². The quantitative estimate of drug-likeness (QED) is 0.813. The van der Waals surface area contributed by atoms with Crippen LogP contribution in [0.1, 0.15) is 18.9 Å². The van der Waals surface area contributed by atoms with Crippen molar-refractivity contribution in [3.05, 3.63) is 27.7 Å². The first-order chi connectivity index (χ1) is 7.54. The largest absolute Gasteiger partial charge is 0.506 e. The van der Waals surface area contributed by atoms with Gasteiger partial charge in [0.05, 0.1) is 5.02 Å². The molecule has 0 aliphatic rings. The molecule has 0 aromatic heterocycles. The fraction of sp³-hybridized carbons (Fsp3) is 0.333. The van der Waals surface area contributed by atoms with Gasteiger partial charge in [0.1, 0.15) is 5.75 Å². The van der Waals surface area contributed by atoms with E-state index >= 15 is 0 Å². The molecule has 16 heavy (non-hydrogen) atoms. The maximum absolute atomic E-state index is 9.69. The molecule has 0 bridgehead atoms. The minimum absolute atomic E-state index is 0.0616. The molecule has 0 aliphatic carbocycles. The van der Waals surface area contributed by atoms with Crippen molar-refractivity contribution in [2.45, 2.75) is 25.9 Å². The first-order valence-electron chi connectivity index (χ1n) is 4.88. The van der Waals surface area contributed by atoms with Gasteiger partial charge in [-0.1, -0.05) is 23.2 Å². The Hall–Kier alpha value is -0.880. The van der Waals surface area contributed by atoms with Gasteiger partial charge in [0.2, 0.25) is 0 Å². The highest BCUT2D eigenvalue weighted by atomic mass is 35.5. The van der Waals surface area contributed by atoms with Gasteiger partial charge in [-0.25, -0.2) is 0 Å². The summed E-state index contributed by atoms with van der Waals surface area (Å²) >= 11 is 11.6. The topological polar surface area (TPSA) is 32.3 Å². The maximum atomic E-state index is 9.69. The summed E-state index contributed by atoms with van der Waals surface area (Å²) in [5.41, 5.74) is 0.668. The van der Waals surface area contributed by atoms with Gasteiger partial charge in [-0.2, -0.15) is 0 Å². The number of terminal acetylenes is 1. The van der Waals surface area contributed by atoms with Crippen LogP contribution in [0.25, 0.3) is 0 Å². The number of hydrogen-bond acceptors (Lipinski definition) is 2. The van der Waals surface area contributed by atoms with Crippen molar-refractivity contribution in [3.8, 4) is 18.1 Å². The summed E-state index contributed by atoms with van der Waals surface area (Å²) in [6, 6.07) is 3.37. The molecular formula is C12H13Cl2NO. The molecule has 0 saturated carbocycles. The van der Waals surface area contributed by atoms with E-state index in [9.17, 15) is 5.11 Å². The fourth-order valence-electron chi connectivity index (χ4n) is 1.29. The lowest BCUT2D eigenvalue weighted by Gasteiger charge is -2.12. The second kappa shape index (κ2) is 6.00. The monoisotopic (exact) mass is 257 g/mol. The molecule has 86 valence electrons. The summed E-state index contributed by atoms with van der Waals surface area (Å²) in [7, 11) is 0. The maximum Gasteiger partial charge on any atom is 0.138 e. The van der Waals surface area contributed by atoms with Crippen LogP contribution in [0.4, 0.5) is 0 Å². The van der Waals surface area contributed by atoms with Crippen LogP contribution in [-0.2, 0) is 6.54 Å². The zero-order chi connectivity index (χ0) is 12.1. The van der Waals surface area contributed by atoms with Gasteiger partial charge < -0.3 is 10.4 Å². The van der Waals surface area contributed by atoms with E-state index in [4.69, 9.17) is 29.6 Å². The van der Waals surface area contributed by atoms with E-state index < -0.39 is 0 Å². The van der Waals surface area contributed by atoms with Crippen molar-refractivity contribution >= 4 is 23.2 Å². The normalized spacial score (nSPS) is 12.1. The highest BCUT2D eigenvalue weighted by molar-refractivity contribution is 6.35. The number of benzene rings is 1. The molecule has 0 radical (unpaired) electrons. The molecule has 0 amide bonds. The average Bonchev–Trinajstić information content (AvgIpc) is 2.21. The summed E-state index contributed by atoms with van der Waals surface area (Å²) in [5.74, 6) is 2.63. The Morgan fingerprint density at radius 3 is 2.81 bits per heavy atom. The number of hydrogen-bond donors (Lipinski definition) is 2. The van der Waals surface area contributed by atoms with E-state index in [1.54, 1.807) is 6.07 Å². The molecular weight excluding hydrogens is 245 g/mol. The third-order valence-electron chi connectivity index (χ3n) is 2.17. The standard InChI is InChI=1S/C12H13Cl2NO/c1-3-4-8(2)15-7-9-5-10(13)6-11(14)12(9)16/h1,5-6,8,15-16H,4,7H2,2H3. The molecule has 1 unspecified atom stereocenters. The molecule has 0 fully saturated rings. The van der Waals surface area contributed by atoms with Crippen LogP contribution in [0, 0.1) is 12.3 Å². The average molecular weight is 258 g/mol. The van der Waals surface area contributed by atoms with Crippen molar-refractivity contribution in [2.24, 2.45) is 0 Å². The predicted octanol–water partition coefficient (Wildman–Crippen LogP) is 3.20. The number of halogens is 2. The highest BCUT2D eigenvalue weighted by Crippen LogP contribution is 2.30. The second-order valence-electron chi connectivity index (χ2n) is 3.59. The van der Waals surface area contributed by atoms with Crippen molar-refractivity contribution in [3.63, 3.8) is 0 Å². The van der Waals surface area contributed by atoms with Gasteiger partial charge in [-0.05, 0) is 19.1 Å².